The van der Waals surface area contributed by atoms with Crippen LogP contribution in [0, 0.1) is 0 Å². The lowest BCUT2D eigenvalue weighted by molar-refractivity contribution is -0.126. The molecule has 1 amide bonds. The van der Waals surface area contributed by atoms with Gasteiger partial charge in [-0.25, -0.2) is 0 Å². The van der Waals surface area contributed by atoms with Crippen molar-refractivity contribution in [3.8, 4) is 0 Å². The van der Waals surface area contributed by atoms with E-state index in [1.807, 2.05) is 38.1 Å². The summed E-state index contributed by atoms with van der Waals surface area (Å²) < 4.78 is 0.972. The van der Waals surface area contributed by atoms with E-state index in [0.29, 0.717) is 0 Å². The van der Waals surface area contributed by atoms with Gasteiger partial charge in [-0.2, -0.15) is 0 Å². The summed E-state index contributed by atoms with van der Waals surface area (Å²) >= 11 is 3.36. The van der Waals surface area contributed by atoms with E-state index in [2.05, 4.69) is 21.2 Å². The first-order valence-corrected chi connectivity index (χ1v) is 6.53. The highest BCUT2D eigenvalue weighted by Crippen LogP contribution is 2.20. The van der Waals surface area contributed by atoms with Crippen molar-refractivity contribution >= 4 is 21.8 Å². The van der Waals surface area contributed by atoms with E-state index in [-0.39, 0.29) is 11.9 Å². The molecule has 0 heterocycles. The first kappa shape index (κ1) is 14.2. The molecule has 0 aliphatic rings. The largest absolute Gasteiger partial charge is 0.352 e. The number of halogens is 1. The fraction of sp³-hybridized carbons (Fsp3) is 0.462. The first-order valence-electron chi connectivity index (χ1n) is 5.73. The molecule has 0 spiro atoms. The predicted octanol–water partition coefficient (Wildman–Crippen LogP) is 2.54. The third-order valence-electron chi connectivity index (χ3n) is 2.91. The maximum absolute atomic E-state index is 12.1. The summed E-state index contributed by atoms with van der Waals surface area (Å²) in [5.74, 6) is -0.144. The van der Waals surface area contributed by atoms with Gasteiger partial charge in [0.25, 0.3) is 0 Å². The van der Waals surface area contributed by atoms with Crippen LogP contribution >= 0.6 is 15.9 Å². The molecule has 2 unspecified atom stereocenters. The molecular formula is C13H19BrN2O. The average Bonchev–Trinajstić information content (AvgIpc) is 2.29. The Labute approximate surface area is 111 Å². The summed E-state index contributed by atoms with van der Waals surface area (Å²) in [6.45, 7) is 5.72. The Morgan fingerprint density at radius 1 is 1.47 bits per heavy atom. The Balaban J connectivity index is 2.86. The number of nitrogens with two attached hydrogens (primary N) is 1. The molecule has 0 fully saturated rings. The molecule has 0 saturated heterocycles. The molecule has 0 saturated carbocycles. The number of carbonyl (C=O) groups is 1. The van der Waals surface area contributed by atoms with Crippen LogP contribution in [-0.4, -0.2) is 11.9 Å². The Kier molecular flexibility index (Phi) is 4.71. The van der Waals surface area contributed by atoms with E-state index in [0.717, 1.165) is 16.5 Å². The smallest absolute Gasteiger partial charge is 0.244 e. The molecule has 2 atom stereocenters. The van der Waals surface area contributed by atoms with Gasteiger partial charge < -0.3 is 11.1 Å². The second-order valence-corrected chi connectivity index (χ2v) is 5.41. The van der Waals surface area contributed by atoms with Gasteiger partial charge in [-0.3, -0.25) is 4.79 Å². The Morgan fingerprint density at radius 3 is 2.47 bits per heavy atom. The lowest BCUT2D eigenvalue weighted by Gasteiger charge is -2.26. The Bertz CT molecular complexity index is 387. The lowest BCUT2D eigenvalue weighted by atomic mass is 9.92. The van der Waals surface area contributed by atoms with Gasteiger partial charge in [0.2, 0.25) is 5.91 Å². The highest BCUT2D eigenvalue weighted by molar-refractivity contribution is 9.10. The van der Waals surface area contributed by atoms with Crippen LogP contribution in [0.1, 0.15) is 32.8 Å². The Morgan fingerprint density at radius 2 is 2.00 bits per heavy atom. The first-order chi connectivity index (χ1) is 7.87. The molecule has 4 heteroatoms. The Hall–Kier alpha value is -0.870. The van der Waals surface area contributed by atoms with Crippen molar-refractivity contribution in [2.75, 3.05) is 0 Å². The lowest BCUT2D eigenvalue weighted by Crippen LogP contribution is -2.51. The average molecular weight is 299 g/mol. The van der Waals surface area contributed by atoms with E-state index in [1.165, 1.54) is 0 Å². The van der Waals surface area contributed by atoms with E-state index >= 15 is 0 Å². The third kappa shape index (κ3) is 3.54. The van der Waals surface area contributed by atoms with Crippen LogP contribution in [0.3, 0.4) is 0 Å². The molecule has 3 nitrogen and oxygen atoms in total. The molecule has 0 aliphatic heterocycles. The molecule has 0 radical (unpaired) electrons. The minimum atomic E-state index is -0.996. The summed E-state index contributed by atoms with van der Waals surface area (Å²) in [6.07, 6.45) is 0.891. The fourth-order valence-electron chi connectivity index (χ4n) is 1.40. The van der Waals surface area contributed by atoms with Crippen molar-refractivity contribution in [3.63, 3.8) is 0 Å². The highest BCUT2D eigenvalue weighted by atomic mass is 79.9. The SMILES string of the molecule is CCC(C)NC(=O)C(C)(N)c1ccc(Br)cc1. The van der Waals surface area contributed by atoms with Crippen molar-refractivity contribution in [1.29, 1.82) is 0 Å². The zero-order valence-electron chi connectivity index (χ0n) is 10.5. The molecule has 0 bridgehead atoms. The van der Waals surface area contributed by atoms with E-state index in [1.54, 1.807) is 6.92 Å². The molecule has 17 heavy (non-hydrogen) atoms. The summed E-state index contributed by atoms with van der Waals surface area (Å²) in [5.41, 5.74) is 5.92. The number of nitrogens with one attached hydrogen (secondary N) is 1. The molecule has 3 N–H and O–H groups in total. The van der Waals surface area contributed by atoms with Gasteiger partial charge in [0, 0.05) is 10.5 Å². The minimum absolute atomic E-state index is 0.140. The highest BCUT2D eigenvalue weighted by Gasteiger charge is 2.30. The van der Waals surface area contributed by atoms with Crippen molar-refractivity contribution in [3.05, 3.63) is 34.3 Å². The summed E-state index contributed by atoms with van der Waals surface area (Å²) in [7, 11) is 0. The molecule has 1 aromatic rings. The maximum atomic E-state index is 12.1. The number of hydrogen-bond donors (Lipinski definition) is 2. The summed E-state index contributed by atoms with van der Waals surface area (Å²) in [5, 5.41) is 2.91. The van der Waals surface area contributed by atoms with Gasteiger partial charge in [0.15, 0.2) is 0 Å². The van der Waals surface area contributed by atoms with Crippen LogP contribution in [-0.2, 0) is 10.3 Å². The molecule has 1 rings (SSSR count). The van der Waals surface area contributed by atoms with Crippen LogP contribution in [0.15, 0.2) is 28.7 Å². The van der Waals surface area contributed by atoms with Crippen molar-refractivity contribution < 1.29 is 4.79 Å². The van der Waals surface area contributed by atoms with Gasteiger partial charge in [-0.15, -0.1) is 0 Å². The maximum Gasteiger partial charge on any atom is 0.244 e. The van der Waals surface area contributed by atoms with Crippen LogP contribution in [0.4, 0.5) is 0 Å². The minimum Gasteiger partial charge on any atom is -0.352 e. The molecule has 1 aromatic carbocycles. The number of rotatable bonds is 4. The normalized spacial score (nSPS) is 16.1. The predicted molar refractivity (Wildman–Crippen MR) is 73.6 cm³/mol. The van der Waals surface area contributed by atoms with Crippen LogP contribution in [0.5, 0.6) is 0 Å². The standard InChI is InChI=1S/C13H19BrN2O/c1-4-9(2)16-12(17)13(3,15)10-5-7-11(14)8-6-10/h5-9H,4,15H2,1-3H3,(H,16,17). The van der Waals surface area contributed by atoms with Gasteiger partial charge >= 0.3 is 0 Å². The van der Waals surface area contributed by atoms with Gasteiger partial charge in [0.05, 0.1) is 0 Å². The summed E-state index contributed by atoms with van der Waals surface area (Å²) in [4.78, 5) is 12.1. The van der Waals surface area contributed by atoms with Crippen molar-refractivity contribution in [2.45, 2.75) is 38.8 Å². The number of benzene rings is 1. The monoisotopic (exact) mass is 298 g/mol. The van der Waals surface area contributed by atoms with Crippen LogP contribution < -0.4 is 11.1 Å². The zero-order valence-corrected chi connectivity index (χ0v) is 12.0. The van der Waals surface area contributed by atoms with Crippen molar-refractivity contribution in [1.82, 2.24) is 5.32 Å². The van der Waals surface area contributed by atoms with Crippen molar-refractivity contribution in [2.24, 2.45) is 5.73 Å². The molecule has 0 aliphatic carbocycles. The second kappa shape index (κ2) is 5.65. The fourth-order valence-corrected chi connectivity index (χ4v) is 1.67. The molecule has 0 aromatic heterocycles. The third-order valence-corrected chi connectivity index (χ3v) is 3.43. The topological polar surface area (TPSA) is 55.1 Å². The number of amides is 1. The number of hydrogen-bond acceptors (Lipinski definition) is 2. The number of carbonyl (C=O) groups excluding carboxylic acids is 1. The van der Waals surface area contributed by atoms with Gasteiger partial charge in [-0.1, -0.05) is 35.0 Å². The van der Waals surface area contributed by atoms with Gasteiger partial charge in [-0.05, 0) is 38.0 Å². The van der Waals surface area contributed by atoms with Crippen LogP contribution in [0.25, 0.3) is 0 Å². The van der Waals surface area contributed by atoms with E-state index in [4.69, 9.17) is 5.73 Å². The van der Waals surface area contributed by atoms with E-state index in [9.17, 15) is 4.79 Å². The molecule has 94 valence electrons. The van der Waals surface area contributed by atoms with E-state index < -0.39 is 5.54 Å². The second-order valence-electron chi connectivity index (χ2n) is 4.49. The van der Waals surface area contributed by atoms with Crippen LogP contribution in [0.2, 0.25) is 0 Å². The zero-order chi connectivity index (χ0) is 13.1. The molecular weight excluding hydrogens is 280 g/mol. The van der Waals surface area contributed by atoms with Gasteiger partial charge in [0.1, 0.15) is 5.54 Å². The quantitative estimate of drug-likeness (QED) is 0.897. The summed E-state index contributed by atoms with van der Waals surface area (Å²) in [6, 6.07) is 7.63.